The zero-order chi connectivity index (χ0) is 15.6. The predicted octanol–water partition coefficient (Wildman–Crippen LogP) is 3.69. The maximum absolute atomic E-state index is 12.3. The third-order valence-electron chi connectivity index (χ3n) is 3.82. The zero-order valence-corrected chi connectivity index (χ0v) is 14.8. The van der Waals surface area contributed by atoms with Gasteiger partial charge in [-0.2, -0.15) is 0 Å². The molecule has 7 heteroatoms. The van der Waals surface area contributed by atoms with Crippen LogP contribution < -0.4 is 5.32 Å². The summed E-state index contributed by atoms with van der Waals surface area (Å²) >= 11 is 3.27. The first kappa shape index (κ1) is 16.8. The Bertz CT molecular complexity index is 640. The Morgan fingerprint density at radius 2 is 1.90 bits per heavy atom. The first-order valence-electron chi connectivity index (χ1n) is 6.82. The molecule has 1 aliphatic rings. The molecule has 1 saturated carbocycles. The molecule has 0 unspecified atom stereocenters. The fourth-order valence-corrected chi connectivity index (χ4v) is 3.70. The molecule has 1 amide bonds. The first-order valence-corrected chi connectivity index (χ1v) is 9.92. The van der Waals surface area contributed by atoms with Gasteiger partial charge < -0.3 is 5.32 Å². The van der Waals surface area contributed by atoms with Crippen LogP contribution in [0.1, 0.15) is 43.0 Å². The predicted molar refractivity (Wildman–Crippen MR) is 86.1 cm³/mol. The van der Waals surface area contributed by atoms with Crippen molar-refractivity contribution < 1.29 is 13.2 Å². The molecular formula is C14H17BrClNO3S. The van der Waals surface area contributed by atoms with Crippen molar-refractivity contribution in [3.63, 3.8) is 0 Å². The highest BCUT2D eigenvalue weighted by molar-refractivity contribution is 9.10. The normalized spacial score (nSPS) is 22.8. The minimum absolute atomic E-state index is 0.0743. The second-order valence-corrected chi connectivity index (χ2v) is 8.93. The third kappa shape index (κ3) is 4.44. The van der Waals surface area contributed by atoms with Gasteiger partial charge in [0.25, 0.3) is 15.0 Å². The average Bonchev–Trinajstić information content (AvgIpc) is 2.40. The highest BCUT2D eigenvalue weighted by atomic mass is 79.9. The topological polar surface area (TPSA) is 63.2 Å². The minimum atomic E-state index is -3.84. The number of benzene rings is 1. The van der Waals surface area contributed by atoms with E-state index in [1.54, 1.807) is 0 Å². The van der Waals surface area contributed by atoms with Crippen molar-refractivity contribution in [1.82, 2.24) is 5.32 Å². The summed E-state index contributed by atoms with van der Waals surface area (Å²) in [4.78, 5) is 12.2. The molecule has 1 N–H and O–H groups in total. The maximum atomic E-state index is 12.3. The van der Waals surface area contributed by atoms with Gasteiger partial charge in [-0.05, 0) is 65.7 Å². The van der Waals surface area contributed by atoms with Crippen LogP contribution in [0.15, 0.2) is 27.6 Å². The average molecular weight is 395 g/mol. The number of carbonyl (C=O) groups excluding carboxylic acids is 1. The van der Waals surface area contributed by atoms with E-state index in [2.05, 4.69) is 28.2 Å². The van der Waals surface area contributed by atoms with Crippen molar-refractivity contribution in [3.05, 3.63) is 28.2 Å². The van der Waals surface area contributed by atoms with Gasteiger partial charge in [-0.15, -0.1) is 0 Å². The second-order valence-electron chi connectivity index (χ2n) is 5.51. The molecule has 0 atom stereocenters. The zero-order valence-electron chi connectivity index (χ0n) is 11.6. The molecule has 4 nitrogen and oxygen atoms in total. The fourth-order valence-electron chi connectivity index (χ4n) is 2.50. The SMILES string of the molecule is CC1CCC(NC(=O)c2cc(S(=O)(=O)Cl)ccc2Br)CC1. The van der Waals surface area contributed by atoms with Crippen LogP contribution in [0.5, 0.6) is 0 Å². The van der Waals surface area contributed by atoms with E-state index >= 15 is 0 Å². The molecule has 0 radical (unpaired) electrons. The van der Waals surface area contributed by atoms with Gasteiger partial charge >= 0.3 is 0 Å². The van der Waals surface area contributed by atoms with Crippen molar-refractivity contribution in [2.45, 2.75) is 43.5 Å². The molecule has 0 saturated heterocycles. The summed E-state index contributed by atoms with van der Waals surface area (Å²) in [5.41, 5.74) is 0.287. The number of hydrogen-bond acceptors (Lipinski definition) is 3. The number of nitrogens with one attached hydrogen (secondary N) is 1. The maximum Gasteiger partial charge on any atom is 0.261 e. The van der Waals surface area contributed by atoms with E-state index in [1.165, 1.54) is 18.2 Å². The summed E-state index contributed by atoms with van der Waals surface area (Å²) in [6, 6.07) is 4.34. The number of hydrogen-bond donors (Lipinski definition) is 1. The number of halogens is 2. The summed E-state index contributed by atoms with van der Waals surface area (Å²) in [5.74, 6) is 0.429. The summed E-state index contributed by atoms with van der Waals surface area (Å²) < 4.78 is 23.3. The lowest BCUT2D eigenvalue weighted by Crippen LogP contribution is -2.37. The van der Waals surface area contributed by atoms with Gasteiger partial charge in [0.2, 0.25) is 0 Å². The standard InChI is InChI=1S/C14H17BrClNO3S/c1-9-2-4-10(5-3-9)17-14(18)12-8-11(21(16,19)20)6-7-13(12)15/h6-10H,2-5H2,1H3,(H,17,18). The van der Waals surface area contributed by atoms with Gasteiger partial charge in [-0.25, -0.2) is 8.42 Å². The molecule has 1 aromatic rings. The summed E-state index contributed by atoms with van der Waals surface area (Å²) in [7, 11) is 1.48. The lowest BCUT2D eigenvalue weighted by atomic mass is 9.87. The van der Waals surface area contributed by atoms with E-state index in [4.69, 9.17) is 10.7 Å². The van der Waals surface area contributed by atoms with Crippen LogP contribution >= 0.6 is 26.6 Å². The van der Waals surface area contributed by atoms with Crippen molar-refractivity contribution >= 4 is 41.6 Å². The van der Waals surface area contributed by atoms with Gasteiger partial charge in [0.05, 0.1) is 10.5 Å². The molecular weight excluding hydrogens is 378 g/mol. The van der Waals surface area contributed by atoms with E-state index in [0.29, 0.717) is 10.4 Å². The highest BCUT2D eigenvalue weighted by Gasteiger charge is 2.22. The van der Waals surface area contributed by atoms with Crippen LogP contribution in [0, 0.1) is 5.92 Å². The monoisotopic (exact) mass is 393 g/mol. The number of amides is 1. The van der Waals surface area contributed by atoms with Crippen LogP contribution in [-0.4, -0.2) is 20.4 Å². The third-order valence-corrected chi connectivity index (χ3v) is 5.86. The summed E-state index contributed by atoms with van der Waals surface area (Å²) in [5, 5.41) is 2.97. The molecule has 116 valence electrons. The summed E-state index contributed by atoms with van der Waals surface area (Å²) in [6.45, 7) is 2.21. The van der Waals surface area contributed by atoms with Crippen LogP contribution in [0.2, 0.25) is 0 Å². The molecule has 2 rings (SSSR count). The smallest absolute Gasteiger partial charge is 0.261 e. The van der Waals surface area contributed by atoms with Crippen molar-refractivity contribution in [2.24, 2.45) is 5.92 Å². The quantitative estimate of drug-likeness (QED) is 0.795. The van der Waals surface area contributed by atoms with Gasteiger partial charge in [0, 0.05) is 21.2 Å². The molecule has 0 aliphatic heterocycles. The Kier molecular flexibility index (Phi) is 5.33. The molecule has 21 heavy (non-hydrogen) atoms. The molecule has 1 aliphatic carbocycles. The van der Waals surface area contributed by atoms with Gasteiger partial charge in [0.15, 0.2) is 0 Å². The lowest BCUT2D eigenvalue weighted by molar-refractivity contribution is 0.0922. The molecule has 0 spiro atoms. The Morgan fingerprint density at radius 1 is 1.29 bits per heavy atom. The fraction of sp³-hybridized carbons (Fsp3) is 0.500. The van der Waals surface area contributed by atoms with Gasteiger partial charge in [0.1, 0.15) is 0 Å². The van der Waals surface area contributed by atoms with Crippen LogP contribution in [0.25, 0.3) is 0 Å². The lowest BCUT2D eigenvalue weighted by Gasteiger charge is -2.27. The van der Waals surface area contributed by atoms with Crippen molar-refractivity contribution in [1.29, 1.82) is 0 Å². The Labute approximate surface area is 137 Å². The molecule has 1 fully saturated rings. The Morgan fingerprint density at radius 3 is 2.48 bits per heavy atom. The van der Waals surface area contributed by atoms with E-state index < -0.39 is 9.05 Å². The summed E-state index contributed by atoms with van der Waals surface area (Å²) in [6.07, 6.45) is 4.11. The van der Waals surface area contributed by atoms with Gasteiger partial charge in [-0.1, -0.05) is 6.92 Å². The van der Waals surface area contributed by atoms with Gasteiger partial charge in [-0.3, -0.25) is 4.79 Å². The van der Waals surface area contributed by atoms with Crippen LogP contribution in [0.4, 0.5) is 0 Å². The van der Waals surface area contributed by atoms with E-state index in [1.807, 2.05) is 0 Å². The number of carbonyl (C=O) groups is 1. The minimum Gasteiger partial charge on any atom is -0.349 e. The number of rotatable bonds is 3. The second kappa shape index (κ2) is 6.67. The molecule has 0 heterocycles. The van der Waals surface area contributed by atoms with E-state index in [-0.39, 0.29) is 22.4 Å². The molecule has 0 bridgehead atoms. The van der Waals surface area contributed by atoms with E-state index in [9.17, 15) is 13.2 Å². The van der Waals surface area contributed by atoms with Crippen LogP contribution in [0.3, 0.4) is 0 Å². The largest absolute Gasteiger partial charge is 0.349 e. The van der Waals surface area contributed by atoms with Crippen molar-refractivity contribution in [2.75, 3.05) is 0 Å². The van der Waals surface area contributed by atoms with Crippen molar-refractivity contribution in [3.8, 4) is 0 Å². The highest BCUT2D eigenvalue weighted by Crippen LogP contribution is 2.26. The Hall–Kier alpha value is -0.590. The van der Waals surface area contributed by atoms with Crippen LogP contribution in [-0.2, 0) is 9.05 Å². The first-order chi connectivity index (χ1) is 9.77. The molecule has 0 aromatic heterocycles. The Balaban J connectivity index is 2.15. The molecule has 1 aromatic carbocycles. The van der Waals surface area contributed by atoms with E-state index in [0.717, 1.165) is 25.7 Å².